The maximum absolute atomic E-state index is 11.7. The molecule has 2 N–H and O–H groups in total. The molecule has 5 heteroatoms. The molecule has 0 unspecified atom stereocenters. The van der Waals surface area contributed by atoms with E-state index in [4.69, 9.17) is 5.73 Å². The first-order valence-corrected chi connectivity index (χ1v) is 5.22. The van der Waals surface area contributed by atoms with Crippen molar-refractivity contribution in [2.75, 3.05) is 5.73 Å². The number of anilines is 1. The number of aromatic nitrogens is 2. The standard InChI is InChI=1S/C8H11N3OS/c9-8-11-10-7(13-8)6(12)5-3-1-2-4-5/h5H,1-4H2,(H2,9,11). The van der Waals surface area contributed by atoms with Gasteiger partial charge < -0.3 is 5.73 Å². The van der Waals surface area contributed by atoms with E-state index in [1.807, 2.05) is 0 Å². The Morgan fingerprint density at radius 3 is 2.62 bits per heavy atom. The SMILES string of the molecule is Nc1nnc(C(=O)C2CCCC2)s1. The van der Waals surface area contributed by atoms with Crippen LogP contribution in [0.3, 0.4) is 0 Å². The summed E-state index contributed by atoms with van der Waals surface area (Å²) in [5, 5.41) is 8.24. The Balaban J connectivity index is 2.12. The third-order valence-electron chi connectivity index (χ3n) is 2.38. The Kier molecular flexibility index (Phi) is 2.26. The van der Waals surface area contributed by atoms with E-state index < -0.39 is 0 Å². The van der Waals surface area contributed by atoms with Gasteiger partial charge in [-0.1, -0.05) is 24.2 Å². The molecule has 70 valence electrons. The van der Waals surface area contributed by atoms with Crippen LogP contribution in [0.15, 0.2) is 0 Å². The van der Waals surface area contributed by atoms with Gasteiger partial charge in [0.15, 0.2) is 10.8 Å². The van der Waals surface area contributed by atoms with E-state index in [2.05, 4.69) is 10.2 Å². The molecule has 1 heterocycles. The number of hydrogen-bond acceptors (Lipinski definition) is 5. The minimum absolute atomic E-state index is 0.131. The van der Waals surface area contributed by atoms with Crippen molar-refractivity contribution in [2.45, 2.75) is 25.7 Å². The van der Waals surface area contributed by atoms with Crippen LogP contribution in [0, 0.1) is 5.92 Å². The van der Waals surface area contributed by atoms with Crippen molar-refractivity contribution >= 4 is 22.3 Å². The Bertz CT molecular complexity index is 317. The smallest absolute Gasteiger partial charge is 0.203 e. The first-order valence-electron chi connectivity index (χ1n) is 4.40. The molecule has 13 heavy (non-hydrogen) atoms. The van der Waals surface area contributed by atoms with Crippen molar-refractivity contribution in [2.24, 2.45) is 5.92 Å². The van der Waals surface area contributed by atoms with Crippen molar-refractivity contribution in [3.05, 3.63) is 5.01 Å². The highest BCUT2D eigenvalue weighted by Gasteiger charge is 2.26. The minimum atomic E-state index is 0.131. The summed E-state index contributed by atoms with van der Waals surface area (Å²) in [7, 11) is 0. The number of hydrogen-bond donors (Lipinski definition) is 1. The van der Waals surface area contributed by atoms with Crippen LogP contribution in [0.5, 0.6) is 0 Å². The second-order valence-corrected chi connectivity index (χ2v) is 4.30. The molecule has 0 spiro atoms. The number of nitrogens with zero attached hydrogens (tertiary/aromatic N) is 2. The van der Waals surface area contributed by atoms with Gasteiger partial charge in [0.05, 0.1) is 0 Å². The van der Waals surface area contributed by atoms with Gasteiger partial charge in [-0.05, 0) is 12.8 Å². The van der Waals surface area contributed by atoms with Crippen molar-refractivity contribution in [1.82, 2.24) is 10.2 Å². The van der Waals surface area contributed by atoms with Crippen LogP contribution >= 0.6 is 11.3 Å². The van der Waals surface area contributed by atoms with E-state index in [1.54, 1.807) is 0 Å². The highest BCUT2D eigenvalue weighted by Crippen LogP contribution is 2.29. The zero-order chi connectivity index (χ0) is 9.26. The summed E-state index contributed by atoms with van der Waals surface area (Å²) in [5.74, 6) is 0.305. The van der Waals surface area contributed by atoms with E-state index in [-0.39, 0.29) is 11.7 Å². The Labute approximate surface area is 80.2 Å². The molecule has 1 saturated carbocycles. The molecule has 1 fully saturated rings. The molecule has 0 radical (unpaired) electrons. The quantitative estimate of drug-likeness (QED) is 0.729. The van der Waals surface area contributed by atoms with Gasteiger partial charge in [0.1, 0.15) is 0 Å². The lowest BCUT2D eigenvalue weighted by Crippen LogP contribution is -2.10. The highest BCUT2D eigenvalue weighted by molar-refractivity contribution is 7.16. The Hall–Kier alpha value is -0.970. The van der Waals surface area contributed by atoms with Gasteiger partial charge >= 0.3 is 0 Å². The van der Waals surface area contributed by atoms with Crippen LogP contribution in [-0.2, 0) is 0 Å². The molecule has 4 nitrogen and oxygen atoms in total. The van der Waals surface area contributed by atoms with Crippen LogP contribution < -0.4 is 5.73 Å². The topological polar surface area (TPSA) is 68.9 Å². The zero-order valence-corrected chi connectivity index (χ0v) is 8.01. The molecule has 1 aliphatic rings. The lowest BCUT2D eigenvalue weighted by Gasteiger charge is -2.02. The summed E-state index contributed by atoms with van der Waals surface area (Å²) in [6.07, 6.45) is 4.31. The minimum Gasteiger partial charge on any atom is -0.374 e. The number of ketones is 1. The predicted octanol–water partition coefficient (Wildman–Crippen LogP) is 1.49. The fourth-order valence-corrected chi connectivity index (χ4v) is 2.33. The van der Waals surface area contributed by atoms with E-state index in [9.17, 15) is 4.79 Å². The van der Waals surface area contributed by atoms with Crippen LogP contribution in [0.2, 0.25) is 0 Å². The summed E-state index contributed by atoms with van der Waals surface area (Å²) in [4.78, 5) is 11.7. The van der Waals surface area contributed by atoms with Crippen LogP contribution in [-0.4, -0.2) is 16.0 Å². The maximum Gasteiger partial charge on any atom is 0.203 e. The summed E-state index contributed by atoms with van der Waals surface area (Å²) < 4.78 is 0. The van der Waals surface area contributed by atoms with E-state index >= 15 is 0 Å². The third-order valence-corrected chi connectivity index (χ3v) is 3.14. The molecule has 0 aliphatic heterocycles. The second kappa shape index (κ2) is 3.41. The van der Waals surface area contributed by atoms with Gasteiger partial charge in [0.2, 0.25) is 5.13 Å². The van der Waals surface area contributed by atoms with Crippen LogP contribution in [0.25, 0.3) is 0 Å². The third kappa shape index (κ3) is 1.70. The van der Waals surface area contributed by atoms with Crippen molar-refractivity contribution in [3.8, 4) is 0 Å². The zero-order valence-electron chi connectivity index (χ0n) is 7.19. The monoisotopic (exact) mass is 197 g/mol. The molecule has 0 amide bonds. The van der Waals surface area contributed by atoms with Gasteiger partial charge in [0.25, 0.3) is 0 Å². The van der Waals surface area contributed by atoms with Gasteiger partial charge in [0, 0.05) is 5.92 Å². The summed E-state index contributed by atoms with van der Waals surface area (Å²) in [6, 6.07) is 0. The van der Waals surface area contributed by atoms with Gasteiger partial charge in [-0.3, -0.25) is 4.79 Å². The van der Waals surface area contributed by atoms with Gasteiger partial charge in [-0.15, -0.1) is 10.2 Å². The molecule has 0 bridgehead atoms. The van der Waals surface area contributed by atoms with E-state index in [1.165, 1.54) is 11.3 Å². The number of carbonyl (C=O) groups is 1. The summed E-state index contributed by atoms with van der Waals surface area (Å²) in [6.45, 7) is 0. The van der Waals surface area contributed by atoms with Crippen molar-refractivity contribution < 1.29 is 4.79 Å². The van der Waals surface area contributed by atoms with E-state index in [0.717, 1.165) is 25.7 Å². The van der Waals surface area contributed by atoms with Gasteiger partial charge in [-0.25, -0.2) is 0 Å². The Morgan fingerprint density at radius 2 is 2.08 bits per heavy atom. The first-order chi connectivity index (χ1) is 6.27. The molecule has 1 aromatic heterocycles. The number of Topliss-reactive ketones (excluding diaryl/α,β-unsaturated/α-hetero) is 1. The Morgan fingerprint density at radius 1 is 1.38 bits per heavy atom. The van der Waals surface area contributed by atoms with E-state index in [0.29, 0.717) is 10.1 Å². The number of nitrogens with two attached hydrogens (primary N) is 1. The molecule has 0 saturated heterocycles. The molecule has 0 atom stereocenters. The van der Waals surface area contributed by atoms with Gasteiger partial charge in [-0.2, -0.15) is 0 Å². The van der Waals surface area contributed by atoms with Crippen molar-refractivity contribution in [3.63, 3.8) is 0 Å². The molecule has 2 rings (SSSR count). The summed E-state index contributed by atoms with van der Waals surface area (Å²) >= 11 is 1.19. The number of carbonyl (C=O) groups excluding carboxylic acids is 1. The van der Waals surface area contributed by atoms with Crippen LogP contribution in [0.4, 0.5) is 5.13 Å². The lowest BCUT2D eigenvalue weighted by molar-refractivity contribution is 0.0922. The largest absolute Gasteiger partial charge is 0.374 e. The maximum atomic E-state index is 11.7. The normalized spacial score (nSPS) is 17.8. The molecule has 1 aromatic rings. The fourth-order valence-electron chi connectivity index (χ4n) is 1.70. The van der Waals surface area contributed by atoms with Crippen molar-refractivity contribution in [1.29, 1.82) is 0 Å². The molecular formula is C8H11N3OS. The molecular weight excluding hydrogens is 186 g/mol. The molecule has 1 aliphatic carbocycles. The highest BCUT2D eigenvalue weighted by atomic mass is 32.1. The lowest BCUT2D eigenvalue weighted by atomic mass is 10.0. The summed E-state index contributed by atoms with van der Waals surface area (Å²) in [5.41, 5.74) is 5.41. The molecule has 0 aromatic carbocycles. The number of rotatable bonds is 2. The predicted molar refractivity (Wildman–Crippen MR) is 50.6 cm³/mol. The number of nitrogen functional groups attached to an aromatic ring is 1. The second-order valence-electron chi connectivity index (χ2n) is 3.29. The average molecular weight is 197 g/mol. The van der Waals surface area contributed by atoms with Crippen LogP contribution in [0.1, 0.15) is 35.5 Å². The first kappa shape index (κ1) is 8.62. The fraction of sp³-hybridized carbons (Fsp3) is 0.625. The average Bonchev–Trinajstić information content (AvgIpc) is 2.72.